The van der Waals surface area contributed by atoms with Gasteiger partial charge >= 0.3 is 5.97 Å². The van der Waals surface area contributed by atoms with E-state index in [9.17, 15) is 14.7 Å². The predicted octanol–water partition coefficient (Wildman–Crippen LogP) is 3.36. The molecule has 1 heterocycles. The highest BCUT2D eigenvalue weighted by Gasteiger charge is 2.53. The van der Waals surface area contributed by atoms with Gasteiger partial charge in [-0.3, -0.25) is 14.6 Å². The van der Waals surface area contributed by atoms with E-state index >= 15 is 0 Å². The Balaban J connectivity index is 1.42. The molecular weight excluding hydrogens is 328 g/mol. The van der Waals surface area contributed by atoms with Crippen LogP contribution in [0.1, 0.15) is 30.4 Å². The number of carbonyl (C=O) groups is 2. The number of aliphatic carboxylic acids is 1. The first-order valence-corrected chi connectivity index (χ1v) is 9.13. The second kappa shape index (κ2) is 6.90. The van der Waals surface area contributed by atoms with E-state index < -0.39 is 17.8 Å². The van der Waals surface area contributed by atoms with E-state index in [4.69, 9.17) is 0 Å². The predicted molar refractivity (Wildman–Crippen MR) is 97.6 cm³/mol. The average molecular weight is 350 g/mol. The van der Waals surface area contributed by atoms with Crippen molar-refractivity contribution < 1.29 is 14.7 Å². The summed E-state index contributed by atoms with van der Waals surface area (Å²) in [6.07, 6.45) is 7.15. The zero-order valence-corrected chi connectivity index (χ0v) is 14.5. The van der Waals surface area contributed by atoms with Gasteiger partial charge in [0.1, 0.15) is 0 Å². The van der Waals surface area contributed by atoms with Crippen LogP contribution in [0.3, 0.4) is 0 Å². The number of nitrogens with zero attached hydrogens (tertiary/aromatic N) is 1. The van der Waals surface area contributed by atoms with E-state index in [0.717, 1.165) is 36.9 Å². The Labute approximate surface area is 152 Å². The maximum absolute atomic E-state index is 12.7. The van der Waals surface area contributed by atoms with Crippen LogP contribution in [0.4, 0.5) is 5.69 Å². The Morgan fingerprint density at radius 2 is 1.58 bits per heavy atom. The van der Waals surface area contributed by atoms with Crippen LogP contribution in [-0.2, 0) is 16.0 Å². The molecule has 1 amide bonds. The Morgan fingerprint density at radius 1 is 0.962 bits per heavy atom. The molecule has 0 saturated heterocycles. The third-order valence-electron chi connectivity index (χ3n) is 5.88. The number of pyridine rings is 1. The van der Waals surface area contributed by atoms with Gasteiger partial charge in [0.2, 0.25) is 5.91 Å². The van der Waals surface area contributed by atoms with Crippen LogP contribution < -0.4 is 5.32 Å². The maximum atomic E-state index is 12.7. The summed E-state index contributed by atoms with van der Waals surface area (Å²) in [7, 11) is 0. The van der Waals surface area contributed by atoms with Crippen molar-refractivity contribution in [2.75, 3.05) is 5.32 Å². The molecule has 26 heavy (non-hydrogen) atoms. The first-order chi connectivity index (χ1) is 12.6. The van der Waals surface area contributed by atoms with Crippen LogP contribution in [0, 0.1) is 23.7 Å². The maximum Gasteiger partial charge on any atom is 0.307 e. The van der Waals surface area contributed by atoms with Gasteiger partial charge in [0, 0.05) is 18.1 Å². The Morgan fingerprint density at radius 3 is 2.23 bits per heavy atom. The number of amides is 1. The molecule has 2 fully saturated rings. The molecule has 1 aromatic carbocycles. The van der Waals surface area contributed by atoms with Crippen molar-refractivity contribution in [3.05, 3.63) is 59.9 Å². The minimum Gasteiger partial charge on any atom is -0.481 e. The lowest BCUT2D eigenvalue weighted by molar-refractivity contribution is -0.148. The van der Waals surface area contributed by atoms with Gasteiger partial charge in [-0.2, -0.15) is 0 Å². The quantitative estimate of drug-likeness (QED) is 0.867. The molecule has 0 spiro atoms. The number of rotatable bonds is 5. The van der Waals surface area contributed by atoms with Gasteiger partial charge < -0.3 is 10.4 Å². The second-order valence-electron chi connectivity index (χ2n) is 7.44. The van der Waals surface area contributed by atoms with Crippen molar-refractivity contribution in [1.29, 1.82) is 0 Å². The molecule has 2 saturated carbocycles. The topological polar surface area (TPSA) is 79.3 Å². The number of benzene rings is 1. The number of hydrogen-bond donors (Lipinski definition) is 2. The van der Waals surface area contributed by atoms with Crippen LogP contribution in [0.2, 0.25) is 0 Å². The summed E-state index contributed by atoms with van der Waals surface area (Å²) in [5.74, 6) is -1.53. The summed E-state index contributed by atoms with van der Waals surface area (Å²) >= 11 is 0. The first kappa shape index (κ1) is 16.8. The van der Waals surface area contributed by atoms with Crippen molar-refractivity contribution in [3.63, 3.8) is 0 Å². The first-order valence-electron chi connectivity index (χ1n) is 9.13. The molecule has 5 nitrogen and oxygen atoms in total. The zero-order chi connectivity index (χ0) is 18.1. The molecule has 0 radical (unpaired) electrons. The Kier molecular flexibility index (Phi) is 4.45. The SMILES string of the molecule is O=C(Nc1ccc(Cc2ccncc2)cc1)[C@@H]1[C@@H]2CC[C@H](C2)[C@@H]1C(=O)O. The van der Waals surface area contributed by atoms with Crippen molar-refractivity contribution in [1.82, 2.24) is 4.98 Å². The average Bonchev–Trinajstić information content (AvgIpc) is 3.25. The highest BCUT2D eigenvalue weighted by atomic mass is 16.4. The second-order valence-corrected chi connectivity index (χ2v) is 7.44. The molecule has 0 aliphatic heterocycles. The highest BCUT2D eigenvalue weighted by molar-refractivity contribution is 5.96. The van der Waals surface area contributed by atoms with Crippen LogP contribution in [-0.4, -0.2) is 22.0 Å². The monoisotopic (exact) mass is 350 g/mol. The number of carboxylic acids is 1. The molecule has 134 valence electrons. The number of anilines is 1. The van der Waals surface area contributed by atoms with Gasteiger partial charge in [0.05, 0.1) is 11.8 Å². The minimum atomic E-state index is -0.829. The Hall–Kier alpha value is -2.69. The van der Waals surface area contributed by atoms with Gasteiger partial charge in [-0.15, -0.1) is 0 Å². The van der Waals surface area contributed by atoms with Crippen molar-refractivity contribution in [2.24, 2.45) is 23.7 Å². The van der Waals surface area contributed by atoms with Crippen molar-refractivity contribution in [2.45, 2.75) is 25.7 Å². The molecule has 2 aliphatic rings. The van der Waals surface area contributed by atoms with Gasteiger partial charge in [-0.1, -0.05) is 12.1 Å². The van der Waals surface area contributed by atoms with Crippen LogP contribution in [0.25, 0.3) is 0 Å². The normalized spacial score (nSPS) is 26.6. The van der Waals surface area contributed by atoms with E-state index in [0.29, 0.717) is 0 Å². The molecule has 5 heteroatoms. The van der Waals surface area contributed by atoms with Crippen LogP contribution in [0.15, 0.2) is 48.8 Å². The standard InChI is InChI=1S/C21H22N2O3/c24-20(18-15-3-4-16(12-15)19(18)21(25)26)23-17-5-1-13(2-6-17)11-14-7-9-22-10-8-14/h1-2,5-10,15-16,18-19H,3-4,11-12H2,(H,23,24)(H,25,26)/t15-,16-,18-,19+/m1/s1. The fourth-order valence-electron chi connectivity index (χ4n) is 4.69. The minimum absolute atomic E-state index is 0.147. The fourth-order valence-corrected chi connectivity index (χ4v) is 4.69. The van der Waals surface area contributed by atoms with E-state index in [1.54, 1.807) is 12.4 Å². The molecule has 2 aromatic rings. The summed E-state index contributed by atoms with van der Waals surface area (Å²) in [6.45, 7) is 0. The number of nitrogens with one attached hydrogen (secondary N) is 1. The molecule has 2 N–H and O–H groups in total. The van der Waals surface area contributed by atoms with Crippen LogP contribution in [0.5, 0.6) is 0 Å². The summed E-state index contributed by atoms with van der Waals surface area (Å²) < 4.78 is 0. The van der Waals surface area contributed by atoms with E-state index in [2.05, 4.69) is 10.3 Å². The molecule has 2 aliphatic carbocycles. The molecule has 2 bridgehead atoms. The van der Waals surface area contributed by atoms with E-state index in [-0.39, 0.29) is 17.7 Å². The van der Waals surface area contributed by atoms with E-state index in [1.807, 2.05) is 36.4 Å². The van der Waals surface area contributed by atoms with Crippen molar-refractivity contribution in [3.8, 4) is 0 Å². The lowest BCUT2D eigenvalue weighted by Gasteiger charge is -2.27. The third kappa shape index (κ3) is 3.21. The fraction of sp³-hybridized carbons (Fsp3) is 0.381. The van der Waals surface area contributed by atoms with Crippen molar-refractivity contribution >= 4 is 17.6 Å². The summed E-state index contributed by atoms with van der Waals surface area (Å²) in [6, 6.07) is 11.7. The zero-order valence-electron chi connectivity index (χ0n) is 14.5. The lowest BCUT2D eigenvalue weighted by atomic mass is 9.78. The summed E-state index contributed by atoms with van der Waals surface area (Å²) in [5, 5.41) is 12.4. The van der Waals surface area contributed by atoms with Gasteiger partial charge in [0.25, 0.3) is 0 Å². The number of carbonyl (C=O) groups excluding carboxylic acids is 1. The summed E-state index contributed by atoms with van der Waals surface area (Å²) in [4.78, 5) is 28.3. The van der Waals surface area contributed by atoms with Crippen LogP contribution >= 0.6 is 0 Å². The van der Waals surface area contributed by atoms with Gasteiger partial charge in [-0.05, 0) is 72.9 Å². The highest BCUT2D eigenvalue weighted by Crippen LogP contribution is 2.52. The number of aromatic nitrogens is 1. The smallest absolute Gasteiger partial charge is 0.307 e. The molecular formula is C21H22N2O3. The number of fused-ring (bicyclic) bond motifs is 2. The third-order valence-corrected chi connectivity index (χ3v) is 5.88. The molecule has 4 rings (SSSR count). The van der Waals surface area contributed by atoms with Gasteiger partial charge in [0.15, 0.2) is 0 Å². The van der Waals surface area contributed by atoms with Gasteiger partial charge in [-0.25, -0.2) is 0 Å². The molecule has 4 atom stereocenters. The number of carboxylic acid groups (broad SMARTS) is 1. The molecule has 1 aromatic heterocycles. The largest absolute Gasteiger partial charge is 0.481 e. The lowest BCUT2D eigenvalue weighted by Crippen LogP contribution is -2.37. The van der Waals surface area contributed by atoms with E-state index in [1.165, 1.54) is 5.56 Å². The summed E-state index contributed by atoms with van der Waals surface area (Å²) in [5.41, 5.74) is 3.06. The molecule has 0 unspecified atom stereocenters. The Bertz CT molecular complexity index is 804. The number of hydrogen-bond acceptors (Lipinski definition) is 3.